The predicted molar refractivity (Wildman–Crippen MR) is 63.0 cm³/mol. The van der Waals surface area contributed by atoms with Crippen molar-refractivity contribution >= 4 is 18.3 Å². The number of hydrogen-bond acceptors (Lipinski definition) is 2. The molecule has 0 unspecified atom stereocenters. The van der Waals surface area contributed by atoms with Gasteiger partial charge in [0, 0.05) is 17.5 Å². The Hall–Kier alpha value is -0.280. The number of nitrogens with two attached hydrogens (primary N) is 1. The van der Waals surface area contributed by atoms with Gasteiger partial charge in [0.15, 0.2) is 0 Å². The van der Waals surface area contributed by atoms with Gasteiger partial charge in [-0.25, -0.2) is 0 Å². The fourth-order valence-electron chi connectivity index (χ4n) is 2.21. The Morgan fingerprint density at radius 2 is 1.80 bits per heavy atom. The van der Waals surface area contributed by atoms with Crippen LogP contribution in [-0.4, -0.2) is 18.0 Å². The van der Waals surface area contributed by atoms with Crippen LogP contribution in [0.4, 0.5) is 0 Å². The minimum Gasteiger partial charge on any atom is -0.354 e. The molecular weight excluding hydrogens is 212 g/mol. The van der Waals surface area contributed by atoms with Crippen LogP contribution in [0.25, 0.3) is 0 Å². The first-order chi connectivity index (χ1) is 6.54. The molecule has 3 N–H and O–H groups in total. The van der Waals surface area contributed by atoms with Crippen molar-refractivity contribution in [2.24, 2.45) is 11.1 Å². The Morgan fingerprint density at radius 1 is 1.27 bits per heavy atom. The summed E-state index contributed by atoms with van der Waals surface area (Å²) < 4.78 is 0. The van der Waals surface area contributed by atoms with Crippen molar-refractivity contribution < 1.29 is 4.79 Å². The van der Waals surface area contributed by atoms with Gasteiger partial charge < -0.3 is 11.1 Å². The maximum absolute atomic E-state index is 11.8. The third kappa shape index (κ3) is 2.45. The molecular formula is C11H21ClN2O. The molecule has 0 aromatic rings. The minimum atomic E-state index is -0.0875. The molecule has 0 saturated heterocycles. The Labute approximate surface area is 97.6 Å². The SMILES string of the molecule is CC1(C(=O)NCC2(N)CCC2)CCC1.Cl. The summed E-state index contributed by atoms with van der Waals surface area (Å²) in [4.78, 5) is 11.8. The highest BCUT2D eigenvalue weighted by Gasteiger charge is 2.40. The second kappa shape index (κ2) is 4.30. The number of hydrogen-bond donors (Lipinski definition) is 2. The van der Waals surface area contributed by atoms with Gasteiger partial charge in [0.25, 0.3) is 0 Å². The van der Waals surface area contributed by atoms with Crippen LogP contribution in [0.15, 0.2) is 0 Å². The van der Waals surface area contributed by atoms with E-state index in [2.05, 4.69) is 12.2 Å². The molecule has 4 heteroatoms. The van der Waals surface area contributed by atoms with Gasteiger partial charge in [-0.1, -0.05) is 13.3 Å². The minimum absolute atomic E-state index is 0. The number of nitrogens with one attached hydrogen (secondary N) is 1. The zero-order valence-corrected chi connectivity index (χ0v) is 10.2. The first-order valence-corrected chi connectivity index (χ1v) is 5.61. The van der Waals surface area contributed by atoms with Crippen LogP contribution in [0.1, 0.15) is 45.4 Å². The normalized spacial score (nSPS) is 25.5. The Kier molecular flexibility index (Phi) is 3.67. The van der Waals surface area contributed by atoms with Crippen molar-refractivity contribution in [1.29, 1.82) is 0 Å². The topological polar surface area (TPSA) is 55.1 Å². The number of carbonyl (C=O) groups excluding carboxylic acids is 1. The zero-order valence-electron chi connectivity index (χ0n) is 9.34. The highest BCUT2D eigenvalue weighted by Crippen LogP contribution is 2.40. The Balaban J connectivity index is 0.00000112. The highest BCUT2D eigenvalue weighted by molar-refractivity contribution is 5.85. The second-order valence-electron chi connectivity index (χ2n) is 5.31. The summed E-state index contributed by atoms with van der Waals surface area (Å²) in [5.74, 6) is 0.209. The molecule has 2 rings (SSSR count). The third-order valence-electron chi connectivity index (χ3n) is 3.96. The molecule has 88 valence electrons. The van der Waals surface area contributed by atoms with Crippen LogP contribution in [0.2, 0.25) is 0 Å². The van der Waals surface area contributed by atoms with Crippen LogP contribution in [0.3, 0.4) is 0 Å². The standard InChI is InChI=1S/C11H20N2O.ClH/c1-10(4-2-5-10)9(14)13-8-11(12)6-3-7-11;/h2-8,12H2,1H3,(H,13,14);1H. The fraction of sp³-hybridized carbons (Fsp3) is 0.909. The van der Waals surface area contributed by atoms with Crippen LogP contribution in [0, 0.1) is 5.41 Å². The summed E-state index contributed by atoms with van der Waals surface area (Å²) >= 11 is 0. The van der Waals surface area contributed by atoms with Gasteiger partial charge in [-0.05, 0) is 32.1 Å². The molecule has 1 amide bonds. The summed E-state index contributed by atoms with van der Waals surface area (Å²) in [6.45, 7) is 2.72. The molecule has 0 heterocycles. The van der Waals surface area contributed by atoms with Crippen LogP contribution in [0.5, 0.6) is 0 Å². The maximum Gasteiger partial charge on any atom is 0.226 e. The van der Waals surface area contributed by atoms with Gasteiger partial charge >= 0.3 is 0 Å². The van der Waals surface area contributed by atoms with E-state index < -0.39 is 0 Å². The molecule has 15 heavy (non-hydrogen) atoms. The number of halogens is 1. The van der Waals surface area contributed by atoms with E-state index in [4.69, 9.17) is 5.73 Å². The molecule has 2 aliphatic carbocycles. The zero-order chi connectivity index (χ0) is 10.2. The second-order valence-corrected chi connectivity index (χ2v) is 5.31. The Morgan fingerprint density at radius 3 is 2.13 bits per heavy atom. The Bertz CT molecular complexity index is 247. The molecule has 0 aromatic heterocycles. The van der Waals surface area contributed by atoms with E-state index in [0.29, 0.717) is 6.54 Å². The van der Waals surface area contributed by atoms with E-state index in [1.165, 1.54) is 12.8 Å². The van der Waals surface area contributed by atoms with Crippen molar-refractivity contribution in [3.8, 4) is 0 Å². The molecule has 0 aromatic carbocycles. The van der Waals surface area contributed by atoms with Crippen molar-refractivity contribution in [3.63, 3.8) is 0 Å². The lowest BCUT2D eigenvalue weighted by atomic mass is 9.69. The molecule has 2 aliphatic rings. The monoisotopic (exact) mass is 232 g/mol. The first-order valence-electron chi connectivity index (χ1n) is 5.61. The number of carbonyl (C=O) groups is 1. The third-order valence-corrected chi connectivity index (χ3v) is 3.96. The van der Waals surface area contributed by atoms with Crippen LogP contribution in [-0.2, 0) is 4.79 Å². The average Bonchev–Trinajstić information content (AvgIpc) is 2.07. The van der Waals surface area contributed by atoms with Gasteiger partial charge in [-0.2, -0.15) is 0 Å². The summed E-state index contributed by atoms with van der Waals surface area (Å²) in [7, 11) is 0. The molecule has 0 aliphatic heterocycles. The van der Waals surface area contributed by atoms with Crippen molar-refractivity contribution in [3.05, 3.63) is 0 Å². The fourth-order valence-corrected chi connectivity index (χ4v) is 2.21. The van der Waals surface area contributed by atoms with Crippen molar-refractivity contribution in [1.82, 2.24) is 5.32 Å². The van der Waals surface area contributed by atoms with Gasteiger partial charge in [0.1, 0.15) is 0 Å². The van der Waals surface area contributed by atoms with Crippen LogP contribution >= 0.6 is 12.4 Å². The van der Waals surface area contributed by atoms with Gasteiger partial charge in [-0.15, -0.1) is 12.4 Å². The van der Waals surface area contributed by atoms with E-state index in [-0.39, 0.29) is 29.3 Å². The smallest absolute Gasteiger partial charge is 0.226 e. The van der Waals surface area contributed by atoms with Gasteiger partial charge in [0.2, 0.25) is 5.91 Å². The summed E-state index contributed by atoms with van der Waals surface area (Å²) in [5, 5.41) is 3.00. The first kappa shape index (κ1) is 12.8. The molecule has 3 nitrogen and oxygen atoms in total. The van der Waals surface area contributed by atoms with Crippen molar-refractivity contribution in [2.75, 3.05) is 6.54 Å². The molecule has 2 saturated carbocycles. The van der Waals surface area contributed by atoms with Crippen LogP contribution < -0.4 is 11.1 Å². The van der Waals surface area contributed by atoms with E-state index in [1.54, 1.807) is 0 Å². The van der Waals surface area contributed by atoms with E-state index in [9.17, 15) is 4.79 Å². The highest BCUT2D eigenvalue weighted by atomic mass is 35.5. The molecule has 0 radical (unpaired) electrons. The molecule has 0 spiro atoms. The van der Waals surface area contributed by atoms with Gasteiger partial charge in [0.05, 0.1) is 0 Å². The summed E-state index contributed by atoms with van der Waals surface area (Å²) in [6, 6.07) is 0. The maximum atomic E-state index is 11.8. The van der Waals surface area contributed by atoms with E-state index in [0.717, 1.165) is 25.7 Å². The lowest BCUT2D eigenvalue weighted by Gasteiger charge is -2.41. The van der Waals surface area contributed by atoms with E-state index in [1.807, 2.05) is 0 Å². The lowest BCUT2D eigenvalue weighted by molar-refractivity contribution is -0.135. The lowest BCUT2D eigenvalue weighted by Crippen LogP contribution is -2.57. The average molecular weight is 233 g/mol. The number of rotatable bonds is 3. The summed E-state index contributed by atoms with van der Waals surface area (Å²) in [6.07, 6.45) is 6.60. The van der Waals surface area contributed by atoms with Gasteiger partial charge in [-0.3, -0.25) is 4.79 Å². The summed E-state index contributed by atoms with van der Waals surface area (Å²) in [5.41, 5.74) is 5.87. The molecule has 0 atom stereocenters. The van der Waals surface area contributed by atoms with Crippen molar-refractivity contribution in [2.45, 2.75) is 51.0 Å². The largest absolute Gasteiger partial charge is 0.354 e. The molecule has 2 fully saturated rings. The molecule has 0 bridgehead atoms. The van der Waals surface area contributed by atoms with E-state index >= 15 is 0 Å². The quantitative estimate of drug-likeness (QED) is 0.777. The predicted octanol–water partition coefficient (Wildman–Crippen LogP) is 1.60. The number of amides is 1.